The number of ether oxygens (including phenoxy) is 2. The molecule has 0 radical (unpaired) electrons. The van der Waals surface area contributed by atoms with Gasteiger partial charge in [0.05, 0.1) is 19.9 Å². The molecule has 3 rings (SSSR count). The third-order valence-corrected chi connectivity index (χ3v) is 5.13. The summed E-state index contributed by atoms with van der Waals surface area (Å²) in [7, 11) is 2.99. The smallest absolute Gasteiger partial charge is 0.335 e. The minimum Gasteiger partial charge on any atom is -0.497 e. The van der Waals surface area contributed by atoms with Crippen LogP contribution in [0.2, 0.25) is 0 Å². The number of aryl methyl sites for hydroxylation is 1. The van der Waals surface area contributed by atoms with Gasteiger partial charge >= 0.3 is 6.03 Å². The quantitative estimate of drug-likeness (QED) is 0.576. The van der Waals surface area contributed by atoms with Crippen LogP contribution in [0, 0.1) is 6.92 Å². The van der Waals surface area contributed by atoms with Crippen molar-refractivity contribution in [3.63, 3.8) is 0 Å². The number of nitrogens with zero attached hydrogens (tertiary/aromatic N) is 1. The van der Waals surface area contributed by atoms with Gasteiger partial charge in [-0.3, -0.25) is 14.9 Å². The number of benzene rings is 2. The summed E-state index contributed by atoms with van der Waals surface area (Å²) in [4.78, 5) is 38.6. The number of anilines is 1. The first-order valence-electron chi connectivity index (χ1n) is 8.25. The molecule has 2 aromatic rings. The van der Waals surface area contributed by atoms with Crippen LogP contribution >= 0.6 is 15.9 Å². The molecule has 0 aromatic heterocycles. The van der Waals surface area contributed by atoms with Gasteiger partial charge in [0.2, 0.25) is 0 Å². The van der Waals surface area contributed by atoms with Crippen molar-refractivity contribution in [1.29, 1.82) is 0 Å². The number of barbiturate groups is 1. The Hall–Kier alpha value is -3.13. The van der Waals surface area contributed by atoms with Crippen LogP contribution in [0.1, 0.15) is 11.1 Å². The van der Waals surface area contributed by atoms with Gasteiger partial charge in [-0.1, -0.05) is 15.9 Å². The van der Waals surface area contributed by atoms with Crippen LogP contribution in [-0.4, -0.2) is 32.1 Å². The fourth-order valence-corrected chi connectivity index (χ4v) is 3.01. The summed E-state index contributed by atoms with van der Waals surface area (Å²) in [5.74, 6) is -0.505. The summed E-state index contributed by atoms with van der Waals surface area (Å²) in [6.45, 7) is 1.84. The highest BCUT2D eigenvalue weighted by Gasteiger charge is 2.37. The van der Waals surface area contributed by atoms with Crippen molar-refractivity contribution < 1.29 is 23.9 Å². The van der Waals surface area contributed by atoms with E-state index in [1.165, 1.54) is 20.3 Å². The Balaban J connectivity index is 2.07. The Bertz CT molecular complexity index is 1020. The summed E-state index contributed by atoms with van der Waals surface area (Å²) >= 11 is 3.38. The number of hydrogen-bond donors (Lipinski definition) is 1. The van der Waals surface area contributed by atoms with E-state index in [0.717, 1.165) is 14.9 Å². The van der Waals surface area contributed by atoms with Crippen molar-refractivity contribution in [3.05, 3.63) is 57.6 Å². The Kier molecular flexibility index (Phi) is 5.51. The van der Waals surface area contributed by atoms with E-state index >= 15 is 0 Å². The highest BCUT2D eigenvalue weighted by atomic mass is 79.9. The summed E-state index contributed by atoms with van der Waals surface area (Å²) in [5, 5.41) is 2.20. The van der Waals surface area contributed by atoms with E-state index in [0.29, 0.717) is 22.7 Å². The number of urea groups is 1. The molecule has 0 aliphatic carbocycles. The zero-order valence-corrected chi connectivity index (χ0v) is 17.0. The number of amides is 4. The maximum Gasteiger partial charge on any atom is 0.335 e. The molecule has 1 aliphatic rings. The number of rotatable bonds is 4. The molecule has 4 amide bonds. The molecule has 28 heavy (non-hydrogen) atoms. The summed E-state index contributed by atoms with van der Waals surface area (Å²) in [6.07, 6.45) is 1.38. The standard InChI is InChI=1S/C20H17BrN2O5/c1-11-8-13(4-6-16(11)21)23-19(25)15(18(24)22-20(23)26)10-12-9-14(27-2)5-7-17(12)28-3/h4-10H,1-3H3,(H,22,24,26)/b15-10+. The highest BCUT2D eigenvalue weighted by molar-refractivity contribution is 9.10. The molecule has 1 saturated heterocycles. The van der Waals surface area contributed by atoms with Crippen molar-refractivity contribution >= 4 is 45.5 Å². The van der Waals surface area contributed by atoms with Crippen molar-refractivity contribution in [2.24, 2.45) is 0 Å². The summed E-state index contributed by atoms with van der Waals surface area (Å²) < 4.78 is 11.3. The van der Waals surface area contributed by atoms with Crippen LogP contribution in [0.15, 0.2) is 46.4 Å². The zero-order chi connectivity index (χ0) is 20.4. The van der Waals surface area contributed by atoms with Gasteiger partial charge in [0.1, 0.15) is 17.1 Å². The molecule has 1 fully saturated rings. The van der Waals surface area contributed by atoms with Crippen LogP contribution in [0.25, 0.3) is 6.08 Å². The molecule has 1 heterocycles. The Morgan fingerprint density at radius 2 is 1.79 bits per heavy atom. The van der Waals surface area contributed by atoms with Gasteiger partial charge < -0.3 is 9.47 Å². The monoisotopic (exact) mass is 444 g/mol. The topological polar surface area (TPSA) is 84.9 Å². The Morgan fingerprint density at radius 3 is 2.43 bits per heavy atom. The number of halogens is 1. The molecule has 1 N–H and O–H groups in total. The van der Waals surface area contributed by atoms with E-state index in [4.69, 9.17) is 9.47 Å². The third kappa shape index (κ3) is 3.63. The second-order valence-electron chi connectivity index (χ2n) is 6.00. The Morgan fingerprint density at radius 1 is 1.04 bits per heavy atom. The number of nitrogens with one attached hydrogen (secondary N) is 1. The van der Waals surface area contributed by atoms with Gasteiger partial charge in [0.15, 0.2) is 0 Å². The molecule has 8 heteroatoms. The summed E-state index contributed by atoms with van der Waals surface area (Å²) in [6, 6.07) is 9.23. The van der Waals surface area contributed by atoms with E-state index in [-0.39, 0.29) is 5.57 Å². The lowest BCUT2D eigenvalue weighted by Crippen LogP contribution is -2.54. The largest absolute Gasteiger partial charge is 0.497 e. The average Bonchev–Trinajstić information content (AvgIpc) is 2.67. The van der Waals surface area contributed by atoms with Gasteiger partial charge in [-0.15, -0.1) is 0 Å². The molecule has 0 spiro atoms. The molecule has 0 bridgehead atoms. The van der Waals surface area contributed by atoms with E-state index in [1.54, 1.807) is 36.4 Å². The first-order chi connectivity index (χ1) is 13.3. The fraction of sp³-hybridized carbons (Fsp3) is 0.150. The molecule has 0 unspecified atom stereocenters. The average molecular weight is 445 g/mol. The van der Waals surface area contributed by atoms with E-state index in [2.05, 4.69) is 21.2 Å². The second kappa shape index (κ2) is 7.85. The molecule has 1 aliphatic heterocycles. The SMILES string of the molecule is COc1ccc(OC)c(/C=C2\C(=O)NC(=O)N(c3ccc(Br)c(C)c3)C2=O)c1. The number of carbonyl (C=O) groups excluding carboxylic acids is 3. The van der Waals surface area contributed by atoms with E-state index < -0.39 is 17.8 Å². The molecule has 0 saturated carbocycles. The number of methoxy groups -OCH3 is 2. The lowest BCUT2D eigenvalue weighted by Gasteiger charge is -2.26. The number of hydrogen-bond acceptors (Lipinski definition) is 5. The molecule has 7 nitrogen and oxygen atoms in total. The number of imide groups is 2. The highest BCUT2D eigenvalue weighted by Crippen LogP contribution is 2.29. The lowest BCUT2D eigenvalue weighted by molar-refractivity contribution is -0.122. The minimum absolute atomic E-state index is 0.188. The van der Waals surface area contributed by atoms with Crippen LogP contribution in [0.4, 0.5) is 10.5 Å². The van der Waals surface area contributed by atoms with Gasteiger partial charge in [-0.25, -0.2) is 9.69 Å². The van der Waals surface area contributed by atoms with Crippen LogP contribution in [0.3, 0.4) is 0 Å². The predicted molar refractivity (Wildman–Crippen MR) is 107 cm³/mol. The van der Waals surface area contributed by atoms with Crippen molar-refractivity contribution in [1.82, 2.24) is 5.32 Å². The summed E-state index contributed by atoms with van der Waals surface area (Å²) in [5.41, 5.74) is 1.49. The first-order valence-corrected chi connectivity index (χ1v) is 9.04. The lowest BCUT2D eigenvalue weighted by atomic mass is 10.1. The maximum absolute atomic E-state index is 13.0. The second-order valence-corrected chi connectivity index (χ2v) is 6.85. The first kappa shape index (κ1) is 19.6. The normalized spacial score (nSPS) is 15.6. The van der Waals surface area contributed by atoms with Gasteiger partial charge in [-0.05, 0) is 55.0 Å². The molecular weight excluding hydrogens is 428 g/mol. The Labute approximate surface area is 170 Å². The van der Waals surface area contributed by atoms with Gasteiger partial charge in [0.25, 0.3) is 11.8 Å². The van der Waals surface area contributed by atoms with Crippen molar-refractivity contribution in [2.45, 2.75) is 6.92 Å². The van der Waals surface area contributed by atoms with Crippen molar-refractivity contribution in [3.8, 4) is 11.5 Å². The van der Waals surface area contributed by atoms with Gasteiger partial charge in [-0.2, -0.15) is 0 Å². The van der Waals surface area contributed by atoms with Crippen molar-refractivity contribution in [2.75, 3.05) is 19.1 Å². The molecule has 2 aromatic carbocycles. The van der Waals surface area contributed by atoms with E-state index in [9.17, 15) is 14.4 Å². The maximum atomic E-state index is 13.0. The zero-order valence-electron chi connectivity index (χ0n) is 15.4. The number of carbonyl (C=O) groups is 3. The van der Waals surface area contributed by atoms with Crippen LogP contribution < -0.4 is 19.7 Å². The minimum atomic E-state index is -0.800. The van der Waals surface area contributed by atoms with E-state index in [1.807, 2.05) is 6.92 Å². The van der Waals surface area contributed by atoms with Gasteiger partial charge in [0, 0.05) is 10.0 Å². The molecule has 144 valence electrons. The third-order valence-electron chi connectivity index (χ3n) is 4.24. The predicted octanol–water partition coefficient (Wildman–Crippen LogP) is 3.44. The van der Waals surface area contributed by atoms with Crippen LogP contribution in [0.5, 0.6) is 11.5 Å². The fourth-order valence-electron chi connectivity index (χ4n) is 2.77. The molecular formula is C20H17BrN2O5. The van der Waals surface area contributed by atoms with Crippen LogP contribution in [-0.2, 0) is 9.59 Å². The molecule has 0 atom stereocenters.